The molecule has 0 saturated heterocycles. The lowest BCUT2D eigenvalue weighted by molar-refractivity contribution is -0.396. The van der Waals surface area contributed by atoms with Crippen molar-refractivity contribution in [3.63, 3.8) is 0 Å². The van der Waals surface area contributed by atoms with Gasteiger partial charge >= 0.3 is 11.4 Å². The first-order chi connectivity index (χ1) is 18.7. The molecule has 0 amide bonds. The van der Waals surface area contributed by atoms with Crippen LogP contribution in [0.15, 0.2) is 76.0 Å². The molecule has 0 bridgehead atoms. The van der Waals surface area contributed by atoms with Crippen LogP contribution in [0.1, 0.15) is 34.7 Å². The first-order valence-corrected chi connectivity index (χ1v) is 13.0. The molecule has 1 N–H and O–H groups in total. The van der Waals surface area contributed by atoms with Gasteiger partial charge in [0.05, 0.1) is 26.1 Å². The number of nitro benzene ring substituents is 2. The lowest BCUT2D eigenvalue weighted by Gasteiger charge is -2.30. The fraction of sp³-hybridized carbons (Fsp3) is 0.111. The van der Waals surface area contributed by atoms with E-state index in [-0.39, 0.29) is 15.7 Å². The van der Waals surface area contributed by atoms with Gasteiger partial charge in [0.1, 0.15) is 0 Å². The molecule has 6 rings (SSSR count). The highest BCUT2D eigenvalue weighted by Crippen LogP contribution is 2.41. The van der Waals surface area contributed by atoms with Gasteiger partial charge in [-0.25, -0.2) is 4.99 Å². The summed E-state index contributed by atoms with van der Waals surface area (Å²) in [5.74, 6) is -1.04. The number of rotatable bonds is 4. The van der Waals surface area contributed by atoms with E-state index in [4.69, 9.17) is 16.6 Å². The van der Waals surface area contributed by atoms with Crippen molar-refractivity contribution in [1.82, 2.24) is 4.57 Å². The molecule has 1 atom stereocenters. The van der Waals surface area contributed by atoms with Gasteiger partial charge in [0.25, 0.3) is 11.3 Å². The number of nitro groups is 2. The molecule has 194 valence electrons. The molecule has 1 aromatic heterocycles. The fourth-order valence-electron chi connectivity index (χ4n) is 5.11. The number of aryl methyl sites for hydroxylation is 1. The van der Waals surface area contributed by atoms with Gasteiger partial charge in [0.2, 0.25) is 0 Å². The number of phenols is 1. The Hall–Kier alpha value is -4.61. The summed E-state index contributed by atoms with van der Waals surface area (Å²) in [5.41, 5.74) is 2.81. The molecule has 3 aromatic carbocycles. The van der Waals surface area contributed by atoms with Gasteiger partial charge in [-0.1, -0.05) is 59.3 Å². The van der Waals surface area contributed by atoms with Crippen molar-refractivity contribution < 1.29 is 15.0 Å². The summed E-state index contributed by atoms with van der Waals surface area (Å²) in [6.45, 7) is 0. The Balaban J connectivity index is 1.61. The van der Waals surface area contributed by atoms with Crippen LogP contribution >= 0.6 is 22.9 Å². The van der Waals surface area contributed by atoms with Gasteiger partial charge in [-0.15, -0.1) is 0 Å². The van der Waals surface area contributed by atoms with E-state index in [1.54, 1.807) is 16.7 Å². The number of phenolic OH excluding ortho intramolecular Hbond substituents is 1. The number of benzene rings is 3. The molecular formula is C27H17ClN4O6S. The molecule has 4 aromatic rings. The Kier molecular flexibility index (Phi) is 5.89. The minimum atomic E-state index is -1.04. The SMILES string of the molecule is O=c1/c(=C\c2cc([N+](=O)[O-])c(O)c([N+](=O)[O-])c2)sc2n1C(c1ccc(Cl)cc1)C1=C(N=2)c2ccccc2CC1. The lowest BCUT2D eigenvalue weighted by atomic mass is 9.83. The summed E-state index contributed by atoms with van der Waals surface area (Å²) in [4.78, 5) is 40.1. The fourth-order valence-corrected chi connectivity index (χ4v) is 6.23. The van der Waals surface area contributed by atoms with Crippen LogP contribution in [-0.4, -0.2) is 19.5 Å². The van der Waals surface area contributed by atoms with Crippen LogP contribution in [0.4, 0.5) is 11.4 Å². The zero-order valence-electron chi connectivity index (χ0n) is 19.9. The van der Waals surface area contributed by atoms with E-state index >= 15 is 0 Å². The lowest BCUT2D eigenvalue weighted by Crippen LogP contribution is -2.38. The maximum absolute atomic E-state index is 13.8. The van der Waals surface area contributed by atoms with E-state index < -0.39 is 33.0 Å². The number of halogens is 1. The summed E-state index contributed by atoms with van der Waals surface area (Å²) in [6, 6.07) is 16.8. The van der Waals surface area contributed by atoms with Crippen LogP contribution in [0.5, 0.6) is 5.75 Å². The Morgan fingerprint density at radius 1 is 1.03 bits per heavy atom. The Morgan fingerprint density at radius 2 is 1.69 bits per heavy atom. The number of nitrogens with zero attached hydrogens (tertiary/aromatic N) is 4. The molecule has 0 fully saturated rings. The average molecular weight is 561 g/mol. The highest BCUT2D eigenvalue weighted by Gasteiger charge is 2.33. The first kappa shape index (κ1) is 24.7. The van der Waals surface area contributed by atoms with E-state index in [0.717, 1.165) is 57.9 Å². The van der Waals surface area contributed by atoms with E-state index in [0.29, 0.717) is 16.2 Å². The van der Waals surface area contributed by atoms with Gasteiger partial charge in [0, 0.05) is 22.7 Å². The summed E-state index contributed by atoms with van der Waals surface area (Å²) in [7, 11) is 0. The molecule has 10 nitrogen and oxygen atoms in total. The second kappa shape index (κ2) is 9.29. The quantitative estimate of drug-likeness (QED) is 0.288. The summed E-state index contributed by atoms with van der Waals surface area (Å²) in [6.07, 6.45) is 2.84. The molecule has 0 spiro atoms. The van der Waals surface area contributed by atoms with Gasteiger partial charge in [-0.05, 0) is 53.3 Å². The maximum atomic E-state index is 13.8. The minimum absolute atomic E-state index is 0.0357. The van der Waals surface area contributed by atoms with Gasteiger partial charge in [-0.3, -0.25) is 29.6 Å². The van der Waals surface area contributed by atoms with Crippen molar-refractivity contribution in [3.05, 3.63) is 133 Å². The first-order valence-electron chi connectivity index (χ1n) is 11.8. The van der Waals surface area contributed by atoms with Crippen molar-refractivity contribution in [2.24, 2.45) is 4.99 Å². The second-order valence-electron chi connectivity index (χ2n) is 9.09. The highest BCUT2D eigenvalue weighted by molar-refractivity contribution is 7.07. The number of aromatic hydroxyl groups is 1. The third-order valence-corrected chi connectivity index (χ3v) is 8.08. The van der Waals surface area contributed by atoms with Crippen molar-refractivity contribution in [2.45, 2.75) is 18.9 Å². The monoisotopic (exact) mass is 560 g/mol. The highest BCUT2D eigenvalue weighted by atomic mass is 35.5. The number of hydrogen-bond acceptors (Lipinski definition) is 8. The minimum Gasteiger partial charge on any atom is -0.497 e. The molecule has 0 radical (unpaired) electrons. The number of hydrogen-bond donors (Lipinski definition) is 1. The summed E-state index contributed by atoms with van der Waals surface area (Å²) in [5, 5.41) is 33.4. The number of allylic oxidation sites excluding steroid dienone is 1. The standard InChI is InChI=1S/C27H17ClN4O6S/c28-17-8-5-16(6-9-17)24-19-10-7-15-3-1-2-4-18(15)23(19)29-27-30(24)26(34)22(39-27)13-14-11-20(31(35)36)25(33)21(12-14)32(37)38/h1-6,8-9,11-13,24,33H,7,10H2/b22-13+. The van der Waals surface area contributed by atoms with Gasteiger partial charge in [-0.2, -0.15) is 0 Å². The average Bonchev–Trinajstić information content (AvgIpc) is 3.22. The van der Waals surface area contributed by atoms with Crippen molar-refractivity contribution in [3.8, 4) is 5.75 Å². The third kappa shape index (κ3) is 4.12. The van der Waals surface area contributed by atoms with Crippen molar-refractivity contribution in [1.29, 1.82) is 0 Å². The zero-order valence-corrected chi connectivity index (χ0v) is 21.5. The van der Waals surface area contributed by atoms with Crippen LogP contribution in [0, 0.1) is 20.2 Å². The predicted octanol–water partition coefficient (Wildman–Crippen LogP) is 4.49. The summed E-state index contributed by atoms with van der Waals surface area (Å²) >= 11 is 7.23. The van der Waals surface area contributed by atoms with Crippen LogP contribution in [0.3, 0.4) is 0 Å². The number of aromatic nitrogens is 1. The maximum Gasteiger partial charge on any atom is 0.318 e. The van der Waals surface area contributed by atoms with Crippen LogP contribution in [0.25, 0.3) is 11.8 Å². The van der Waals surface area contributed by atoms with E-state index in [2.05, 4.69) is 6.07 Å². The molecule has 2 heterocycles. The normalized spacial score (nSPS) is 16.2. The smallest absolute Gasteiger partial charge is 0.318 e. The molecule has 1 aliphatic carbocycles. The third-order valence-electron chi connectivity index (χ3n) is 6.84. The topological polar surface area (TPSA) is 141 Å². The molecule has 0 saturated carbocycles. The molecule has 39 heavy (non-hydrogen) atoms. The molecular weight excluding hydrogens is 544 g/mol. The van der Waals surface area contributed by atoms with Gasteiger partial charge < -0.3 is 5.11 Å². The largest absolute Gasteiger partial charge is 0.497 e. The van der Waals surface area contributed by atoms with E-state index in [9.17, 15) is 30.1 Å². The van der Waals surface area contributed by atoms with Crippen molar-refractivity contribution in [2.75, 3.05) is 0 Å². The van der Waals surface area contributed by atoms with Crippen LogP contribution < -0.4 is 14.9 Å². The zero-order chi connectivity index (χ0) is 27.4. The second-order valence-corrected chi connectivity index (χ2v) is 10.5. The molecule has 1 aliphatic heterocycles. The molecule has 1 unspecified atom stereocenters. The Bertz CT molecular complexity index is 1890. The van der Waals surface area contributed by atoms with Crippen LogP contribution in [-0.2, 0) is 6.42 Å². The predicted molar refractivity (Wildman–Crippen MR) is 146 cm³/mol. The Labute approximate surface area is 228 Å². The van der Waals surface area contributed by atoms with E-state index in [1.165, 1.54) is 6.08 Å². The number of thiazole rings is 1. The summed E-state index contributed by atoms with van der Waals surface area (Å²) < 4.78 is 1.78. The van der Waals surface area contributed by atoms with E-state index in [1.807, 2.05) is 30.3 Å². The van der Waals surface area contributed by atoms with Gasteiger partial charge in [0.15, 0.2) is 4.80 Å². The Morgan fingerprint density at radius 3 is 2.36 bits per heavy atom. The number of fused-ring (bicyclic) bond motifs is 3. The van der Waals surface area contributed by atoms with Crippen LogP contribution in [0.2, 0.25) is 5.02 Å². The molecule has 12 heteroatoms. The van der Waals surface area contributed by atoms with Crippen molar-refractivity contribution >= 4 is 46.1 Å². The molecule has 2 aliphatic rings.